The first-order valence-electron chi connectivity index (χ1n) is 10.6. The van der Waals surface area contributed by atoms with Gasteiger partial charge < -0.3 is 25.6 Å². The number of anilines is 1. The molecule has 1 fully saturated rings. The number of hydrogen-bond donors (Lipinski definition) is 3. The van der Waals surface area contributed by atoms with E-state index in [4.69, 9.17) is 4.74 Å². The second kappa shape index (κ2) is 11.5. The highest BCUT2D eigenvalue weighted by atomic mass is 16.6. The van der Waals surface area contributed by atoms with Crippen LogP contribution in [0.3, 0.4) is 0 Å². The molecule has 2 heterocycles. The Morgan fingerprint density at radius 3 is 2.52 bits per heavy atom. The van der Waals surface area contributed by atoms with Crippen LogP contribution in [0.4, 0.5) is 10.6 Å². The highest BCUT2D eigenvalue weighted by molar-refractivity contribution is 5.79. The molecule has 0 spiro atoms. The maximum absolute atomic E-state index is 11.6. The highest BCUT2D eigenvalue weighted by Gasteiger charge is 2.15. The van der Waals surface area contributed by atoms with Crippen molar-refractivity contribution in [2.45, 2.75) is 59.1 Å². The topological polar surface area (TPSA) is 90.9 Å². The molecule has 8 nitrogen and oxygen atoms in total. The molecule has 1 aromatic rings. The van der Waals surface area contributed by atoms with Crippen LogP contribution in [-0.4, -0.2) is 55.4 Å². The smallest absolute Gasteiger partial charge is 0.407 e. The highest BCUT2D eigenvalue weighted by Crippen LogP contribution is 2.17. The van der Waals surface area contributed by atoms with Crippen LogP contribution in [-0.2, 0) is 11.3 Å². The lowest BCUT2D eigenvalue weighted by atomic mass is 10.2. The molecule has 0 aliphatic carbocycles. The second-order valence-corrected chi connectivity index (χ2v) is 8.12. The first-order chi connectivity index (χ1) is 13.9. The number of nitrogens with zero attached hydrogens (tertiary/aromatic N) is 3. The third-order valence-electron chi connectivity index (χ3n) is 4.32. The van der Waals surface area contributed by atoms with Crippen molar-refractivity contribution in [3.63, 3.8) is 0 Å². The van der Waals surface area contributed by atoms with Crippen molar-refractivity contribution in [2.24, 2.45) is 4.99 Å². The van der Waals surface area contributed by atoms with E-state index >= 15 is 0 Å². The summed E-state index contributed by atoms with van der Waals surface area (Å²) in [4.78, 5) is 23.1. The summed E-state index contributed by atoms with van der Waals surface area (Å²) in [6.07, 6.45) is 4.79. The quantitative estimate of drug-likeness (QED) is 0.351. The Kier molecular flexibility index (Phi) is 9.02. The number of ether oxygens (including phenoxy) is 1. The van der Waals surface area contributed by atoms with Gasteiger partial charge in [-0.25, -0.2) is 14.8 Å². The zero-order valence-electron chi connectivity index (χ0n) is 18.3. The summed E-state index contributed by atoms with van der Waals surface area (Å²) in [6.45, 7) is 12.4. The molecule has 2 rings (SSSR count). The normalized spacial score (nSPS) is 14.6. The van der Waals surface area contributed by atoms with Gasteiger partial charge in [0.25, 0.3) is 0 Å². The van der Waals surface area contributed by atoms with Gasteiger partial charge >= 0.3 is 6.09 Å². The van der Waals surface area contributed by atoms with Crippen molar-refractivity contribution >= 4 is 17.9 Å². The van der Waals surface area contributed by atoms with E-state index in [1.807, 2.05) is 33.9 Å². The molecule has 0 unspecified atom stereocenters. The van der Waals surface area contributed by atoms with Crippen molar-refractivity contribution in [1.29, 1.82) is 0 Å². The minimum Gasteiger partial charge on any atom is -0.444 e. The molecule has 162 valence electrons. The number of nitrogens with one attached hydrogen (secondary N) is 3. The molecule has 0 aromatic carbocycles. The minimum absolute atomic E-state index is 0.386. The number of carbonyl (C=O) groups excluding carboxylic acids is 1. The van der Waals surface area contributed by atoms with E-state index in [9.17, 15) is 4.79 Å². The average Bonchev–Trinajstić information content (AvgIpc) is 3.19. The number of pyridine rings is 1. The summed E-state index contributed by atoms with van der Waals surface area (Å²) in [5.41, 5.74) is 0.603. The molecule has 8 heteroatoms. The fraction of sp³-hybridized carbons (Fsp3) is 0.667. The molecule has 1 amide bonds. The van der Waals surface area contributed by atoms with Gasteiger partial charge in [0, 0.05) is 38.9 Å². The molecule has 0 radical (unpaired) electrons. The van der Waals surface area contributed by atoms with Gasteiger partial charge in [0.1, 0.15) is 11.4 Å². The lowest BCUT2D eigenvalue weighted by Crippen LogP contribution is -2.39. The lowest BCUT2D eigenvalue weighted by molar-refractivity contribution is 0.0527. The molecule has 1 saturated heterocycles. The number of rotatable bonds is 8. The van der Waals surface area contributed by atoms with E-state index in [0.29, 0.717) is 19.6 Å². The monoisotopic (exact) mass is 404 g/mol. The predicted molar refractivity (Wildman–Crippen MR) is 117 cm³/mol. The predicted octanol–water partition coefficient (Wildman–Crippen LogP) is 2.65. The van der Waals surface area contributed by atoms with Gasteiger partial charge in [-0.05, 0) is 58.6 Å². The largest absolute Gasteiger partial charge is 0.444 e. The SMILES string of the molecule is CCNC(=NCc1ccc(N2CCCC2)nc1)NCCCNC(=O)OC(C)(C)C. The Labute approximate surface area is 174 Å². The standard InChI is InChI=1S/C21H36N6O2/c1-5-22-19(23-11-8-12-24-20(28)29-21(2,3)4)26-16-17-9-10-18(25-15-17)27-13-6-7-14-27/h9-10,15H,5-8,11-14,16H2,1-4H3,(H,24,28)(H2,22,23,26). The Morgan fingerprint density at radius 1 is 1.17 bits per heavy atom. The van der Waals surface area contributed by atoms with Crippen LogP contribution >= 0.6 is 0 Å². The molecule has 0 bridgehead atoms. The zero-order valence-corrected chi connectivity index (χ0v) is 18.3. The van der Waals surface area contributed by atoms with Gasteiger partial charge in [0.15, 0.2) is 5.96 Å². The van der Waals surface area contributed by atoms with Crippen molar-refractivity contribution in [1.82, 2.24) is 20.9 Å². The first-order valence-corrected chi connectivity index (χ1v) is 10.6. The van der Waals surface area contributed by atoms with Gasteiger partial charge in [-0.15, -0.1) is 0 Å². The van der Waals surface area contributed by atoms with Crippen molar-refractivity contribution in [3.8, 4) is 0 Å². The Morgan fingerprint density at radius 2 is 1.90 bits per heavy atom. The molecule has 29 heavy (non-hydrogen) atoms. The number of carbonyl (C=O) groups is 1. The van der Waals surface area contributed by atoms with Crippen LogP contribution in [0.2, 0.25) is 0 Å². The first kappa shape index (κ1) is 22.8. The van der Waals surface area contributed by atoms with Crippen LogP contribution in [0.15, 0.2) is 23.3 Å². The summed E-state index contributed by atoms with van der Waals surface area (Å²) in [7, 11) is 0. The molecule has 1 aliphatic rings. The van der Waals surface area contributed by atoms with Gasteiger partial charge in [-0.1, -0.05) is 6.07 Å². The molecule has 0 saturated carbocycles. The molecular formula is C21H36N6O2. The van der Waals surface area contributed by atoms with Crippen LogP contribution in [0, 0.1) is 0 Å². The fourth-order valence-electron chi connectivity index (χ4n) is 2.96. The minimum atomic E-state index is -0.477. The Balaban J connectivity index is 1.72. The summed E-state index contributed by atoms with van der Waals surface area (Å²) in [5, 5.41) is 9.28. The maximum Gasteiger partial charge on any atom is 0.407 e. The number of hydrogen-bond acceptors (Lipinski definition) is 5. The average molecular weight is 405 g/mol. The molecule has 0 atom stereocenters. The van der Waals surface area contributed by atoms with Crippen LogP contribution in [0.5, 0.6) is 0 Å². The van der Waals surface area contributed by atoms with E-state index in [0.717, 1.165) is 43.4 Å². The summed E-state index contributed by atoms with van der Waals surface area (Å²) < 4.78 is 5.22. The lowest BCUT2D eigenvalue weighted by Gasteiger charge is -2.19. The van der Waals surface area contributed by atoms with Crippen LogP contribution < -0.4 is 20.9 Å². The van der Waals surface area contributed by atoms with E-state index in [1.54, 1.807) is 0 Å². The molecule has 3 N–H and O–H groups in total. The molecular weight excluding hydrogens is 368 g/mol. The van der Waals surface area contributed by atoms with Gasteiger partial charge in [-0.3, -0.25) is 0 Å². The third-order valence-corrected chi connectivity index (χ3v) is 4.32. The van der Waals surface area contributed by atoms with Gasteiger partial charge in [-0.2, -0.15) is 0 Å². The number of guanidine groups is 1. The molecule has 1 aromatic heterocycles. The fourth-order valence-corrected chi connectivity index (χ4v) is 2.96. The molecule has 1 aliphatic heterocycles. The summed E-state index contributed by atoms with van der Waals surface area (Å²) >= 11 is 0. The van der Waals surface area contributed by atoms with E-state index in [1.165, 1.54) is 12.8 Å². The Bertz CT molecular complexity index is 648. The van der Waals surface area contributed by atoms with Crippen LogP contribution in [0.1, 0.15) is 52.5 Å². The second-order valence-electron chi connectivity index (χ2n) is 8.12. The maximum atomic E-state index is 11.6. The third kappa shape index (κ3) is 9.02. The number of aliphatic imine (C=N–C) groups is 1. The Hall–Kier alpha value is -2.51. The van der Waals surface area contributed by atoms with E-state index < -0.39 is 5.60 Å². The summed E-state index contributed by atoms with van der Waals surface area (Å²) in [5.74, 6) is 1.81. The van der Waals surface area contributed by atoms with E-state index in [2.05, 4.69) is 43.0 Å². The van der Waals surface area contributed by atoms with Crippen LogP contribution in [0.25, 0.3) is 0 Å². The summed E-state index contributed by atoms with van der Waals surface area (Å²) in [6, 6.07) is 4.18. The van der Waals surface area contributed by atoms with Crippen molar-refractivity contribution in [3.05, 3.63) is 23.9 Å². The zero-order chi connectivity index (χ0) is 21.1. The van der Waals surface area contributed by atoms with Gasteiger partial charge in [0.2, 0.25) is 0 Å². The van der Waals surface area contributed by atoms with Gasteiger partial charge in [0.05, 0.1) is 6.54 Å². The van der Waals surface area contributed by atoms with Crippen molar-refractivity contribution in [2.75, 3.05) is 37.6 Å². The number of alkyl carbamates (subject to hydrolysis) is 1. The number of amides is 1. The van der Waals surface area contributed by atoms with Crippen molar-refractivity contribution < 1.29 is 9.53 Å². The number of aromatic nitrogens is 1. The van der Waals surface area contributed by atoms with E-state index in [-0.39, 0.29) is 6.09 Å².